The lowest BCUT2D eigenvalue weighted by atomic mass is 9.97. The standard InChI is InChI=1S/C32H58N6O8/c1-13-14-26(39)36(10)18-27(40)37(11)24(16-20(4)5)29(42)35-23(15-19(2)3)30(43)38(12)25(17-21(6)7)28(41)34-22(8)31(44)46-32(45)33-9/h19-25H,13-18H2,1-12H3,(H,33,45)(H,34,41)(H,35,42)/t22-,23+,24+,25+/m1/s1. The average molecular weight is 655 g/mol. The molecule has 0 rings (SSSR count). The molecule has 0 aliphatic rings. The van der Waals surface area contributed by atoms with Gasteiger partial charge in [0.15, 0.2) is 0 Å². The van der Waals surface area contributed by atoms with Gasteiger partial charge in [-0.2, -0.15) is 0 Å². The molecular formula is C32H58N6O8. The van der Waals surface area contributed by atoms with Crippen molar-refractivity contribution in [2.24, 2.45) is 17.8 Å². The molecule has 0 aliphatic carbocycles. The van der Waals surface area contributed by atoms with Crippen LogP contribution < -0.4 is 16.0 Å². The molecule has 0 unspecified atom stereocenters. The van der Waals surface area contributed by atoms with Crippen LogP contribution in [0.15, 0.2) is 0 Å². The normalized spacial score (nSPS) is 13.7. The molecule has 14 nitrogen and oxygen atoms in total. The van der Waals surface area contributed by atoms with E-state index in [1.54, 1.807) is 7.05 Å². The van der Waals surface area contributed by atoms with E-state index < -0.39 is 59.9 Å². The average Bonchev–Trinajstić information content (AvgIpc) is 2.96. The number of rotatable bonds is 18. The van der Waals surface area contributed by atoms with Crippen LogP contribution in [0.1, 0.15) is 87.5 Å². The Labute approximate surface area is 274 Å². The predicted octanol–water partition coefficient (Wildman–Crippen LogP) is 1.91. The van der Waals surface area contributed by atoms with Crippen molar-refractivity contribution in [2.45, 2.75) is 112 Å². The Morgan fingerprint density at radius 1 is 0.674 bits per heavy atom. The van der Waals surface area contributed by atoms with Crippen molar-refractivity contribution in [3.63, 3.8) is 0 Å². The molecule has 0 saturated heterocycles. The van der Waals surface area contributed by atoms with Gasteiger partial charge in [-0.05, 0) is 50.4 Å². The van der Waals surface area contributed by atoms with E-state index >= 15 is 0 Å². The summed E-state index contributed by atoms with van der Waals surface area (Å²) in [4.78, 5) is 94.1. The summed E-state index contributed by atoms with van der Waals surface area (Å²) < 4.78 is 4.61. The van der Waals surface area contributed by atoms with Crippen molar-refractivity contribution in [3.8, 4) is 0 Å². The molecule has 3 N–H and O–H groups in total. The Balaban J connectivity index is 6.12. The van der Waals surface area contributed by atoms with E-state index in [1.165, 1.54) is 42.8 Å². The fourth-order valence-electron chi connectivity index (χ4n) is 4.72. The highest BCUT2D eigenvalue weighted by Crippen LogP contribution is 2.17. The summed E-state index contributed by atoms with van der Waals surface area (Å²) in [7, 11) is 5.81. The molecule has 14 heteroatoms. The van der Waals surface area contributed by atoms with E-state index in [4.69, 9.17) is 0 Å². The number of esters is 1. The summed E-state index contributed by atoms with van der Waals surface area (Å²) >= 11 is 0. The van der Waals surface area contributed by atoms with Crippen LogP contribution in [0.3, 0.4) is 0 Å². The lowest BCUT2D eigenvalue weighted by Crippen LogP contribution is -2.59. The quantitative estimate of drug-likeness (QED) is 0.148. The monoisotopic (exact) mass is 654 g/mol. The van der Waals surface area contributed by atoms with Gasteiger partial charge in [-0.1, -0.05) is 48.5 Å². The Kier molecular flexibility index (Phi) is 18.8. The number of nitrogens with zero attached hydrogens (tertiary/aromatic N) is 3. The van der Waals surface area contributed by atoms with Gasteiger partial charge in [-0.25, -0.2) is 9.59 Å². The largest absolute Gasteiger partial charge is 0.414 e. The van der Waals surface area contributed by atoms with Crippen molar-refractivity contribution in [3.05, 3.63) is 0 Å². The van der Waals surface area contributed by atoms with Gasteiger partial charge in [0, 0.05) is 34.6 Å². The molecule has 0 fully saturated rings. The van der Waals surface area contributed by atoms with Gasteiger partial charge in [-0.15, -0.1) is 0 Å². The first-order valence-corrected chi connectivity index (χ1v) is 16.1. The van der Waals surface area contributed by atoms with E-state index in [9.17, 15) is 33.6 Å². The molecule has 0 bridgehead atoms. The van der Waals surface area contributed by atoms with Crippen LogP contribution in [0.2, 0.25) is 0 Å². The molecule has 0 saturated carbocycles. The summed E-state index contributed by atoms with van der Waals surface area (Å²) in [6.45, 7) is 14.4. The second-order valence-electron chi connectivity index (χ2n) is 13.1. The third-order valence-electron chi connectivity index (χ3n) is 7.36. The van der Waals surface area contributed by atoms with Crippen LogP contribution in [-0.2, 0) is 33.5 Å². The third kappa shape index (κ3) is 14.6. The third-order valence-corrected chi connectivity index (χ3v) is 7.36. The highest BCUT2D eigenvalue weighted by molar-refractivity contribution is 5.96. The molecule has 0 aromatic carbocycles. The van der Waals surface area contributed by atoms with E-state index in [0.717, 1.165) is 0 Å². The predicted molar refractivity (Wildman–Crippen MR) is 174 cm³/mol. The second-order valence-corrected chi connectivity index (χ2v) is 13.1. The van der Waals surface area contributed by atoms with Crippen LogP contribution in [0.25, 0.3) is 0 Å². The van der Waals surface area contributed by atoms with Crippen LogP contribution in [-0.4, -0.2) is 115 Å². The molecule has 0 radical (unpaired) electrons. The minimum atomic E-state index is -1.17. The Bertz CT molecular complexity index is 1060. The zero-order valence-corrected chi connectivity index (χ0v) is 29.9. The lowest BCUT2D eigenvalue weighted by Gasteiger charge is -2.35. The molecule has 6 amide bonds. The lowest BCUT2D eigenvalue weighted by molar-refractivity contribution is -0.147. The van der Waals surface area contributed by atoms with Gasteiger partial charge in [0.05, 0.1) is 6.54 Å². The number of hydrogen-bond acceptors (Lipinski definition) is 8. The van der Waals surface area contributed by atoms with Crippen LogP contribution in [0.5, 0.6) is 0 Å². The molecule has 4 atom stereocenters. The number of carbonyl (C=O) groups excluding carboxylic acids is 7. The van der Waals surface area contributed by atoms with Gasteiger partial charge in [-0.3, -0.25) is 24.0 Å². The van der Waals surface area contributed by atoms with Gasteiger partial charge < -0.3 is 35.4 Å². The van der Waals surface area contributed by atoms with Crippen molar-refractivity contribution in [1.29, 1.82) is 0 Å². The number of nitrogens with one attached hydrogen (secondary N) is 3. The van der Waals surface area contributed by atoms with Gasteiger partial charge in [0.1, 0.15) is 24.2 Å². The van der Waals surface area contributed by atoms with Gasteiger partial charge in [0.2, 0.25) is 29.5 Å². The second kappa shape index (κ2) is 20.4. The first-order valence-electron chi connectivity index (χ1n) is 16.1. The maximum atomic E-state index is 13.9. The molecule has 0 aromatic rings. The van der Waals surface area contributed by atoms with Crippen LogP contribution >= 0.6 is 0 Å². The zero-order valence-electron chi connectivity index (χ0n) is 29.9. The topological polar surface area (TPSA) is 175 Å². The number of likely N-dealkylation sites (N-methyl/N-ethyl adjacent to an activating group) is 3. The first kappa shape index (κ1) is 42.3. The molecule has 0 aliphatic heterocycles. The Hall–Kier alpha value is -3.71. The summed E-state index contributed by atoms with van der Waals surface area (Å²) in [5, 5.41) is 7.53. The van der Waals surface area contributed by atoms with E-state index in [1.807, 2.05) is 48.5 Å². The number of amides is 6. The summed E-state index contributed by atoms with van der Waals surface area (Å²) in [6.07, 6.45) is 0.829. The van der Waals surface area contributed by atoms with Crippen LogP contribution in [0, 0.1) is 17.8 Å². The molecular weight excluding hydrogens is 596 g/mol. The molecule has 0 aromatic heterocycles. The van der Waals surface area contributed by atoms with Crippen molar-refractivity contribution < 1.29 is 38.3 Å². The summed E-state index contributed by atoms with van der Waals surface area (Å²) in [5.74, 6) is -3.19. The molecule has 46 heavy (non-hydrogen) atoms. The SMILES string of the molecule is CCCC(=O)N(C)CC(=O)N(C)[C@@H](CC(C)C)C(=O)N[C@@H](CC(C)C)C(=O)N(C)[C@@H](CC(C)C)C(=O)N[C@H](C)C(=O)OC(=O)NC. The van der Waals surface area contributed by atoms with Crippen molar-refractivity contribution in [1.82, 2.24) is 30.7 Å². The van der Waals surface area contributed by atoms with Crippen molar-refractivity contribution >= 4 is 41.6 Å². The summed E-state index contributed by atoms with van der Waals surface area (Å²) in [6, 6.07) is -4.09. The maximum absolute atomic E-state index is 13.9. The fraction of sp³-hybridized carbons (Fsp3) is 0.781. The minimum absolute atomic E-state index is 0.0133. The number of hydrogen-bond donors (Lipinski definition) is 3. The van der Waals surface area contributed by atoms with Gasteiger partial charge >= 0.3 is 12.1 Å². The number of carbonyl (C=O) groups is 7. The van der Waals surface area contributed by atoms with E-state index in [-0.39, 0.29) is 43.0 Å². The molecule has 0 heterocycles. The maximum Gasteiger partial charge on any atom is 0.414 e. The van der Waals surface area contributed by atoms with Crippen LogP contribution in [0.4, 0.5) is 4.79 Å². The number of ether oxygens (including phenoxy) is 1. The van der Waals surface area contributed by atoms with E-state index in [2.05, 4.69) is 20.7 Å². The first-order chi connectivity index (χ1) is 21.3. The Morgan fingerprint density at radius 3 is 1.61 bits per heavy atom. The van der Waals surface area contributed by atoms with Crippen molar-refractivity contribution in [2.75, 3.05) is 34.7 Å². The molecule has 0 spiro atoms. The highest BCUT2D eigenvalue weighted by Gasteiger charge is 2.36. The molecule has 264 valence electrons. The summed E-state index contributed by atoms with van der Waals surface area (Å²) in [5.41, 5.74) is 0. The number of alkyl carbamates (subject to hydrolysis) is 1. The highest BCUT2D eigenvalue weighted by atomic mass is 16.6. The van der Waals surface area contributed by atoms with E-state index in [0.29, 0.717) is 19.3 Å². The minimum Gasteiger partial charge on any atom is -0.375 e. The fourth-order valence-corrected chi connectivity index (χ4v) is 4.72. The zero-order chi connectivity index (χ0) is 35.9. The van der Waals surface area contributed by atoms with Gasteiger partial charge in [0.25, 0.3) is 0 Å². The smallest absolute Gasteiger partial charge is 0.375 e. The Morgan fingerprint density at radius 2 is 1.15 bits per heavy atom.